The molecule has 10 heteroatoms. The van der Waals surface area contributed by atoms with Crippen LogP contribution in [-0.2, 0) is 6.18 Å². The van der Waals surface area contributed by atoms with Crippen molar-refractivity contribution in [1.29, 1.82) is 5.26 Å². The average molecular weight is 427 g/mol. The summed E-state index contributed by atoms with van der Waals surface area (Å²) in [6.45, 7) is 1.38. The minimum atomic E-state index is -4.58. The Morgan fingerprint density at radius 3 is 2.53 bits per heavy atom. The van der Waals surface area contributed by atoms with E-state index in [0.29, 0.717) is 25.0 Å². The molecular formula is C20H18F5N3O2. The molecule has 1 aliphatic heterocycles. The number of nitriles is 1. The number of hydrogen-bond acceptors (Lipinski definition) is 5. The second kappa shape index (κ2) is 7.72. The van der Waals surface area contributed by atoms with Gasteiger partial charge in [-0.3, -0.25) is 5.01 Å². The zero-order chi connectivity index (χ0) is 22.2. The lowest BCUT2D eigenvalue weighted by Crippen LogP contribution is -2.58. The minimum Gasteiger partial charge on any atom is -0.436 e. The van der Waals surface area contributed by atoms with Gasteiger partial charge in [0, 0.05) is 12.1 Å². The number of hydrazone groups is 1. The van der Waals surface area contributed by atoms with Gasteiger partial charge in [0.2, 0.25) is 0 Å². The number of hydrogen-bond donors (Lipinski definition) is 1. The second-order valence-corrected chi connectivity index (χ2v) is 6.83. The van der Waals surface area contributed by atoms with Crippen molar-refractivity contribution < 1.29 is 31.8 Å². The van der Waals surface area contributed by atoms with E-state index in [1.807, 2.05) is 6.07 Å². The zero-order valence-corrected chi connectivity index (χ0v) is 15.8. The van der Waals surface area contributed by atoms with Crippen LogP contribution in [0, 0.1) is 17.2 Å². The summed E-state index contributed by atoms with van der Waals surface area (Å²) in [4.78, 5) is 0. The summed E-state index contributed by atoms with van der Waals surface area (Å²) in [6.07, 6.45) is 0.491. The van der Waals surface area contributed by atoms with Gasteiger partial charge in [0.1, 0.15) is 5.75 Å². The third-order valence-electron chi connectivity index (χ3n) is 4.88. The molecule has 2 aliphatic rings. The molecule has 2 atom stereocenters. The van der Waals surface area contributed by atoms with Crippen molar-refractivity contribution in [3.63, 3.8) is 0 Å². The molecule has 0 saturated heterocycles. The first kappa shape index (κ1) is 21.8. The normalized spacial score (nSPS) is 25.9. The van der Waals surface area contributed by atoms with Crippen molar-refractivity contribution in [3.05, 3.63) is 53.6 Å². The molecular weight excluding hydrogens is 409 g/mol. The number of nitrogens with zero attached hydrogens (tertiary/aromatic N) is 3. The lowest BCUT2D eigenvalue weighted by Gasteiger charge is -2.36. The molecule has 0 fully saturated rings. The van der Waals surface area contributed by atoms with Crippen LogP contribution in [0.4, 0.5) is 22.0 Å². The minimum absolute atomic E-state index is 0.117. The summed E-state index contributed by atoms with van der Waals surface area (Å²) in [5.74, 6) is -6.15. The van der Waals surface area contributed by atoms with Gasteiger partial charge < -0.3 is 9.84 Å². The van der Waals surface area contributed by atoms with E-state index in [1.165, 1.54) is 19.1 Å². The van der Waals surface area contributed by atoms with Crippen molar-refractivity contribution in [2.45, 2.75) is 37.6 Å². The summed E-state index contributed by atoms with van der Waals surface area (Å²) in [6, 6.07) is 5.17. The summed E-state index contributed by atoms with van der Waals surface area (Å²) in [7, 11) is 0. The molecule has 1 heterocycles. The highest BCUT2D eigenvalue weighted by molar-refractivity contribution is 5.89. The van der Waals surface area contributed by atoms with Crippen LogP contribution < -0.4 is 4.74 Å². The van der Waals surface area contributed by atoms with E-state index in [9.17, 15) is 23.5 Å². The number of benzene rings is 1. The first-order valence-electron chi connectivity index (χ1n) is 9.14. The molecule has 160 valence electrons. The predicted molar refractivity (Wildman–Crippen MR) is 97.3 cm³/mol. The molecule has 2 unspecified atom stereocenters. The molecule has 1 aromatic carbocycles. The van der Waals surface area contributed by atoms with Crippen LogP contribution in [0.5, 0.6) is 5.75 Å². The molecule has 0 bridgehead atoms. The predicted octanol–water partition coefficient (Wildman–Crippen LogP) is 4.47. The molecule has 3 rings (SSSR count). The van der Waals surface area contributed by atoms with E-state index < -0.39 is 35.2 Å². The molecule has 0 saturated carbocycles. The Kier molecular flexibility index (Phi) is 5.60. The molecule has 1 N–H and O–H groups in total. The maximum atomic E-state index is 15.3. The summed E-state index contributed by atoms with van der Waals surface area (Å²) < 4.78 is 73.8. The third kappa shape index (κ3) is 3.65. The van der Waals surface area contributed by atoms with Crippen molar-refractivity contribution in [2.75, 3.05) is 6.54 Å². The topological polar surface area (TPSA) is 68.8 Å². The van der Waals surface area contributed by atoms with Gasteiger partial charge in [-0.2, -0.15) is 27.2 Å². The van der Waals surface area contributed by atoms with E-state index in [0.717, 1.165) is 17.1 Å². The average Bonchev–Trinajstić information content (AvgIpc) is 2.87. The summed E-state index contributed by atoms with van der Waals surface area (Å²) in [5, 5.41) is 24.7. The van der Waals surface area contributed by atoms with E-state index in [-0.39, 0.29) is 17.9 Å². The fourth-order valence-electron chi connectivity index (χ4n) is 3.27. The fourth-order valence-corrected chi connectivity index (χ4v) is 3.27. The van der Waals surface area contributed by atoms with Gasteiger partial charge in [0.15, 0.2) is 0 Å². The van der Waals surface area contributed by atoms with Crippen molar-refractivity contribution >= 4 is 5.90 Å². The van der Waals surface area contributed by atoms with Gasteiger partial charge in [-0.05, 0) is 44.0 Å². The molecule has 5 nitrogen and oxygen atoms in total. The number of aliphatic hydroxyl groups is 1. The third-order valence-corrected chi connectivity index (χ3v) is 4.88. The van der Waals surface area contributed by atoms with Crippen LogP contribution in [-0.4, -0.2) is 34.2 Å². The smallest absolute Gasteiger partial charge is 0.416 e. The van der Waals surface area contributed by atoms with Crippen molar-refractivity contribution in [1.82, 2.24) is 5.01 Å². The van der Waals surface area contributed by atoms with E-state index in [4.69, 9.17) is 4.74 Å². The Morgan fingerprint density at radius 1 is 1.30 bits per heavy atom. The number of allylic oxidation sites excluding steroid dienone is 2. The SMILES string of the molecule is CCN1N=C(Oc2ccc(C(F)(F)F)cc2)C(F)(F)C1(O)C1=CC(C#N)CCC=C1. The summed E-state index contributed by atoms with van der Waals surface area (Å²) in [5.41, 5.74) is -4.06. The van der Waals surface area contributed by atoms with Crippen LogP contribution in [0.1, 0.15) is 25.3 Å². The van der Waals surface area contributed by atoms with Gasteiger partial charge >= 0.3 is 12.1 Å². The quantitative estimate of drug-likeness (QED) is 0.723. The monoisotopic (exact) mass is 427 g/mol. The molecule has 30 heavy (non-hydrogen) atoms. The lowest BCUT2D eigenvalue weighted by atomic mass is 9.92. The van der Waals surface area contributed by atoms with Gasteiger partial charge in [0.25, 0.3) is 11.6 Å². The largest absolute Gasteiger partial charge is 0.436 e. The van der Waals surface area contributed by atoms with Crippen molar-refractivity contribution in [2.24, 2.45) is 11.0 Å². The molecule has 0 spiro atoms. The highest BCUT2D eigenvalue weighted by Gasteiger charge is 2.67. The number of rotatable bonds is 3. The van der Waals surface area contributed by atoms with Crippen LogP contribution in [0.25, 0.3) is 0 Å². The Morgan fingerprint density at radius 2 is 1.97 bits per heavy atom. The van der Waals surface area contributed by atoms with Gasteiger partial charge in [-0.15, -0.1) is 5.10 Å². The highest BCUT2D eigenvalue weighted by atomic mass is 19.4. The van der Waals surface area contributed by atoms with Crippen LogP contribution >= 0.6 is 0 Å². The Bertz CT molecular complexity index is 931. The zero-order valence-electron chi connectivity index (χ0n) is 15.8. The van der Waals surface area contributed by atoms with Gasteiger partial charge in [-0.25, -0.2) is 0 Å². The molecule has 0 amide bonds. The van der Waals surface area contributed by atoms with Gasteiger partial charge in [-0.1, -0.05) is 18.2 Å². The fraction of sp³-hybridized carbons (Fsp3) is 0.400. The van der Waals surface area contributed by atoms with Gasteiger partial charge in [0.05, 0.1) is 17.6 Å². The maximum Gasteiger partial charge on any atom is 0.416 e. The Labute approximate surface area is 169 Å². The standard InChI is InChI=1S/C20H18F5N3O2/c1-2-28-19(29,15-6-4-3-5-13(11-15)12-26)18(21,22)17(27-28)30-16-9-7-14(8-10-16)20(23,24)25/h4,6-11,13,29H,2-3,5H2,1H3. The first-order chi connectivity index (χ1) is 14.0. The number of ether oxygens (including phenoxy) is 1. The second-order valence-electron chi connectivity index (χ2n) is 6.83. The van der Waals surface area contributed by atoms with Crippen molar-refractivity contribution in [3.8, 4) is 11.8 Å². The first-order valence-corrected chi connectivity index (χ1v) is 9.14. The molecule has 1 aliphatic carbocycles. The van der Waals surface area contributed by atoms with E-state index in [2.05, 4.69) is 5.10 Å². The van der Waals surface area contributed by atoms with E-state index >= 15 is 8.78 Å². The molecule has 0 aromatic heterocycles. The molecule has 1 aromatic rings. The Balaban J connectivity index is 1.95. The maximum absolute atomic E-state index is 15.3. The molecule has 0 radical (unpaired) electrons. The highest BCUT2D eigenvalue weighted by Crippen LogP contribution is 2.46. The lowest BCUT2D eigenvalue weighted by molar-refractivity contribution is -0.182. The summed E-state index contributed by atoms with van der Waals surface area (Å²) >= 11 is 0. The number of likely N-dealkylation sites (N-methyl/N-ethyl adjacent to an activating group) is 1. The van der Waals surface area contributed by atoms with Crippen LogP contribution in [0.3, 0.4) is 0 Å². The number of alkyl halides is 5. The number of halogens is 5. The Hall–Kier alpha value is -2.93. The van der Waals surface area contributed by atoms with Crippen LogP contribution in [0.15, 0.2) is 53.2 Å². The van der Waals surface area contributed by atoms with E-state index in [1.54, 1.807) is 6.08 Å². The van der Waals surface area contributed by atoms with Crippen LogP contribution in [0.2, 0.25) is 0 Å².